The number of carbonyl (C=O) groups is 2. The number of nitrogens with zero attached hydrogens (tertiary/aromatic N) is 3. The fraction of sp³-hybridized carbons (Fsp3) is 0.733. The van der Waals surface area contributed by atoms with Gasteiger partial charge < -0.3 is 14.7 Å². The molecule has 0 spiro atoms. The van der Waals surface area contributed by atoms with Gasteiger partial charge in [0.2, 0.25) is 11.8 Å². The molecule has 20 heavy (non-hydrogen) atoms. The molecule has 2 amide bonds. The Balaban J connectivity index is 1.88. The highest BCUT2D eigenvalue weighted by Crippen LogP contribution is 2.33. The molecular weight excluding hydrogens is 254 g/mol. The van der Waals surface area contributed by atoms with Crippen molar-refractivity contribution in [1.29, 1.82) is 0 Å². The molecule has 3 saturated heterocycles. The van der Waals surface area contributed by atoms with Gasteiger partial charge in [-0.15, -0.1) is 0 Å². The molecule has 3 rings (SSSR count). The van der Waals surface area contributed by atoms with Crippen LogP contribution < -0.4 is 0 Å². The molecule has 0 aromatic carbocycles. The number of rotatable bonds is 4. The number of hydrogen-bond acceptors (Lipinski definition) is 3. The molecule has 112 valence electrons. The highest BCUT2D eigenvalue weighted by Gasteiger charge is 2.47. The molecule has 3 aliphatic heterocycles. The van der Waals surface area contributed by atoms with E-state index in [0.717, 1.165) is 13.0 Å². The van der Waals surface area contributed by atoms with E-state index < -0.39 is 0 Å². The van der Waals surface area contributed by atoms with Gasteiger partial charge in [0, 0.05) is 31.6 Å². The monoisotopic (exact) mass is 279 g/mol. The van der Waals surface area contributed by atoms with Crippen LogP contribution in [0.3, 0.4) is 0 Å². The Morgan fingerprint density at radius 2 is 1.85 bits per heavy atom. The summed E-state index contributed by atoms with van der Waals surface area (Å²) in [6.45, 7) is 6.01. The highest BCUT2D eigenvalue weighted by atomic mass is 16.2. The summed E-state index contributed by atoms with van der Waals surface area (Å²) in [7, 11) is 3.95. The molecule has 0 aliphatic carbocycles. The lowest BCUT2D eigenvalue weighted by molar-refractivity contribution is -0.158. The zero-order chi connectivity index (χ0) is 14.9. The quantitative estimate of drug-likeness (QED) is 0.707. The fourth-order valence-electron chi connectivity index (χ4n) is 2.97. The second kappa shape index (κ2) is 5.95. The van der Waals surface area contributed by atoms with Gasteiger partial charge in [-0.2, -0.15) is 0 Å². The Hall–Kier alpha value is -1.36. The van der Waals surface area contributed by atoms with Crippen molar-refractivity contribution in [1.82, 2.24) is 14.7 Å². The molecule has 0 saturated carbocycles. The maximum Gasteiger partial charge on any atom is 0.246 e. The van der Waals surface area contributed by atoms with Crippen LogP contribution in [-0.4, -0.2) is 72.3 Å². The molecule has 3 aliphatic rings. The minimum atomic E-state index is 0.0386. The van der Waals surface area contributed by atoms with Gasteiger partial charge in [0.05, 0.1) is 12.1 Å². The fourth-order valence-corrected chi connectivity index (χ4v) is 2.97. The largest absolute Gasteiger partial charge is 0.338 e. The van der Waals surface area contributed by atoms with Crippen molar-refractivity contribution < 1.29 is 9.59 Å². The number of likely N-dealkylation sites (N-methyl/N-ethyl adjacent to an activating group) is 1. The second-order valence-corrected chi connectivity index (χ2v) is 6.35. The van der Waals surface area contributed by atoms with Crippen molar-refractivity contribution in [2.45, 2.75) is 32.4 Å². The molecule has 2 bridgehead atoms. The van der Waals surface area contributed by atoms with Crippen LogP contribution in [0.1, 0.15) is 20.3 Å². The van der Waals surface area contributed by atoms with Gasteiger partial charge in [0.15, 0.2) is 0 Å². The van der Waals surface area contributed by atoms with E-state index in [2.05, 4.69) is 0 Å². The van der Waals surface area contributed by atoms with E-state index in [1.807, 2.05) is 48.7 Å². The van der Waals surface area contributed by atoms with Crippen molar-refractivity contribution in [2.24, 2.45) is 5.92 Å². The number of hydrogen-bond donors (Lipinski definition) is 0. The summed E-state index contributed by atoms with van der Waals surface area (Å²) >= 11 is 0. The first-order chi connectivity index (χ1) is 9.40. The zero-order valence-corrected chi connectivity index (χ0v) is 12.9. The van der Waals surface area contributed by atoms with Gasteiger partial charge in [-0.3, -0.25) is 9.59 Å². The van der Waals surface area contributed by atoms with E-state index >= 15 is 0 Å². The van der Waals surface area contributed by atoms with Crippen molar-refractivity contribution in [3.8, 4) is 0 Å². The van der Waals surface area contributed by atoms with Crippen molar-refractivity contribution in [3.63, 3.8) is 0 Å². The Kier molecular flexibility index (Phi) is 4.48. The predicted octanol–water partition coefficient (Wildman–Crippen LogP) is 0.572. The molecule has 0 N–H and O–H groups in total. The lowest BCUT2D eigenvalue weighted by atomic mass is 9.86. The molecule has 3 fully saturated rings. The third-order valence-corrected chi connectivity index (χ3v) is 3.98. The first-order valence-electron chi connectivity index (χ1n) is 7.32. The Morgan fingerprint density at radius 1 is 1.25 bits per heavy atom. The minimum absolute atomic E-state index is 0.0386. The van der Waals surface area contributed by atoms with Gasteiger partial charge >= 0.3 is 0 Å². The summed E-state index contributed by atoms with van der Waals surface area (Å²) < 4.78 is 0. The molecule has 2 unspecified atom stereocenters. The SMILES string of the molecule is CC(C)C(=O)N1CC2CC(C1)N2C(=O)/C=C/CN(C)C. The van der Waals surface area contributed by atoms with Crippen molar-refractivity contribution in [2.75, 3.05) is 33.7 Å². The average molecular weight is 279 g/mol. The molecule has 0 radical (unpaired) electrons. The van der Waals surface area contributed by atoms with Gasteiger partial charge in [-0.25, -0.2) is 0 Å². The minimum Gasteiger partial charge on any atom is -0.338 e. The molecule has 5 nitrogen and oxygen atoms in total. The van der Waals surface area contributed by atoms with E-state index in [1.54, 1.807) is 6.08 Å². The number of fused-ring (bicyclic) bond motifs is 2. The van der Waals surface area contributed by atoms with Crippen LogP contribution in [0, 0.1) is 5.92 Å². The molecular formula is C15H25N3O2. The van der Waals surface area contributed by atoms with E-state index in [4.69, 9.17) is 0 Å². The maximum atomic E-state index is 12.1. The third-order valence-electron chi connectivity index (χ3n) is 3.98. The second-order valence-electron chi connectivity index (χ2n) is 6.35. The highest BCUT2D eigenvalue weighted by molar-refractivity contribution is 5.89. The van der Waals surface area contributed by atoms with Gasteiger partial charge in [0.25, 0.3) is 0 Å². The average Bonchev–Trinajstić information content (AvgIpc) is 2.37. The van der Waals surface area contributed by atoms with E-state index in [1.165, 1.54) is 0 Å². The topological polar surface area (TPSA) is 43.9 Å². The normalized spacial score (nSPS) is 25.5. The number of carbonyl (C=O) groups excluding carboxylic acids is 2. The number of amides is 2. The molecule has 0 aromatic rings. The predicted molar refractivity (Wildman–Crippen MR) is 78.2 cm³/mol. The Bertz CT molecular complexity index is 405. The Labute approximate surface area is 121 Å². The summed E-state index contributed by atoms with van der Waals surface area (Å²) in [6.07, 6.45) is 4.60. The number of piperazine rings is 1. The molecule has 3 heterocycles. The van der Waals surface area contributed by atoms with E-state index in [0.29, 0.717) is 13.1 Å². The van der Waals surface area contributed by atoms with Crippen LogP contribution in [0.25, 0.3) is 0 Å². The van der Waals surface area contributed by atoms with Crippen molar-refractivity contribution >= 4 is 11.8 Å². The third kappa shape index (κ3) is 3.03. The Morgan fingerprint density at radius 3 is 2.35 bits per heavy atom. The molecule has 0 aromatic heterocycles. The molecule has 2 atom stereocenters. The number of piperidine rings is 1. The van der Waals surface area contributed by atoms with Gasteiger partial charge in [0.1, 0.15) is 0 Å². The first-order valence-corrected chi connectivity index (χ1v) is 7.32. The lowest BCUT2D eigenvalue weighted by Crippen LogP contribution is -2.70. The lowest BCUT2D eigenvalue weighted by Gasteiger charge is -2.56. The summed E-state index contributed by atoms with van der Waals surface area (Å²) in [4.78, 5) is 30.0. The van der Waals surface area contributed by atoms with E-state index in [-0.39, 0.29) is 29.8 Å². The van der Waals surface area contributed by atoms with Crippen LogP contribution in [0.15, 0.2) is 12.2 Å². The van der Waals surface area contributed by atoms with Crippen LogP contribution in [0.4, 0.5) is 0 Å². The van der Waals surface area contributed by atoms with Gasteiger partial charge in [-0.05, 0) is 20.5 Å². The summed E-state index contributed by atoms with van der Waals surface area (Å²) in [5.74, 6) is 0.330. The van der Waals surface area contributed by atoms with Gasteiger partial charge in [-0.1, -0.05) is 19.9 Å². The van der Waals surface area contributed by atoms with Crippen molar-refractivity contribution in [3.05, 3.63) is 12.2 Å². The van der Waals surface area contributed by atoms with Crippen LogP contribution in [0.2, 0.25) is 0 Å². The molecule has 5 heteroatoms. The standard InChI is InChI=1S/C15H25N3O2/c1-11(2)15(20)17-9-12-8-13(10-17)18(12)14(19)6-5-7-16(3)4/h5-6,11-13H,7-10H2,1-4H3/b6-5+. The summed E-state index contributed by atoms with van der Waals surface area (Å²) in [5.41, 5.74) is 0. The zero-order valence-electron chi connectivity index (χ0n) is 12.9. The van der Waals surface area contributed by atoms with Crippen LogP contribution in [0.5, 0.6) is 0 Å². The smallest absolute Gasteiger partial charge is 0.246 e. The van der Waals surface area contributed by atoms with Crippen LogP contribution >= 0.6 is 0 Å². The summed E-state index contributed by atoms with van der Waals surface area (Å²) in [6, 6.07) is 0.431. The van der Waals surface area contributed by atoms with Crippen LogP contribution in [-0.2, 0) is 9.59 Å². The first kappa shape index (κ1) is 15.0. The van der Waals surface area contributed by atoms with E-state index in [9.17, 15) is 9.59 Å². The maximum absolute atomic E-state index is 12.1. The summed E-state index contributed by atoms with van der Waals surface area (Å²) in [5, 5.41) is 0.